The molecule has 72 valence electrons. The fourth-order valence-corrected chi connectivity index (χ4v) is 2.32. The summed E-state index contributed by atoms with van der Waals surface area (Å²) in [7, 11) is 0. The van der Waals surface area contributed by atoms with Gasteiger partial charge in [-0.05, 0) is 41.1 Å². The van der Waals surface area contributed by atoms with E-state index in [1.54, 1.807) is 13.0 Å². The Hall–Kier alpha value is 0.220. The normalized spacial score (nSPS) is 10.9. The van der Waals surface area contributed by atoms with E-state index in [2.05, 4.69) is 20.9 Å². The van der Waals surface area contributed by atoms with Crippen LogP contribution in [0.5, 0.6) is 0 Å². The van der Waals surface area contributed by atoms with E-state index < -0.39 is 6.43 Å². The van der Waals surface area contributed by atoms with Crippen molar-refractivity contribution in [1.29, 1.82) is 0 Å². The van der Waals surface area contributed by atoms with Crippen LogP contribution < -0.4 is 0 Å². The van der Waals surface area contributed by atoms with Gasteiger partial charge in [-0.2, -0.15) is 0 Å². The summed E-state index contributed by atoms with van der Waals surface area (Å²) in [4.78, 5) is 3.99. The summed E-state index contributed by atoms with van der Waals surface area (Å²) >= 11 is 5.20. The summed E-state index contributed by atoms with van der Waals surface area (Å²) in [5.74, 6) is 0. The first-order valence-electron chi connectivity index (χ1n) is 3.56. The van der Waals surface area contributed by atoms with Gasteiger partial charge >= 0.3 is 0 Å². The lowest BCUT2D eigenvalue weighted by molar-refractivity contribution is 0.149. The Labute approximate surface area is 97.2 Å². The second-order valence-electron chi connectivity index (χ2n) is 2.54. The van der Waals surface area contributed by atoms with Gasteiger partial charge in [0.25, 0.3) is 6.43 Å². The van der Waals surface area contributed by atoms with Crippen LogP contribution in [0.1, 0.15) is 23.2 Å². The van der Waals surface area contributed by atoms with E-state index >= 15 is 0 Å². The maximum Gasteiger partial charge on any atom is 0.265 e. The molecule has 0 fully saturated rings. The Morgan fingerprint density at radius 1 is 1.62 bits per heavy atom. The summed E-state index contributed by atoms with van der Waals surface area (Å²) in [5, 5.41) is 0.437. The minimum absolute atomic E-state index is 0.0530. The first-order chi connectivity index (χ1) is 6.06. The number of aryl methyl sites for hydroxylation is 1. The Kier molecular flexibility index (Phi) is 4.03. The predicted octanol–water partition coefficient (Wildman–Crippen LogP) is 3.83. The van der Waals surface area contributed by atoms with Crippen molar-refractivity contribution >= 4 is 38.5 Å². The van der Waals surface area contributed by atoms with Crippen LogP contribution in [0.25, 0.3) is 0 Å². The van der Waals surface area contributed by atoms with Gasteiger partial charge in [0.1, 0.15) is 3.70 Å². The number of halogens is 4. The van der Waals surface area contributed by atoms with E-state index in [9.17, 15) is 8.78 Å². The van der Waals surface area contributed by atoms with Crippen molar-refractivity contribution in [1.82, 2.24) is 4.98 Å². The minimum Gasteiger partial charge on any atom is -0.247 e. The zero-order chi connectivity index (χ0) is 10.0. The Balaban J connectivity index is 3.30. The maximum atomic E-state index is 12.5. The number of rotatable bonds is 2. The average molecular weight is 362 g/mol. The van der Waals surface area contributed by atoms with Crippen molar-refractivity contribution in [3.05, 3.63) is 26.6 Å². The zero-order valence-corrected chi connectivity index (χ0v) is 10.6. The van der Waals surface area contributed by atoms with Crippen LogP contribution in [0.15, 0.2) is 6.07 Å². The van der Waals surface area contributed by atoms with Crippen molar-refractivity contribution < 1.29 is 8.78 Å². The van der Waals surface area contributed by atoms with E-state index in [0.29, 0.717) is 16.6 Å². The van der Waals surface area contributed by atoms with Crippen molar-refractivity contribution in [3.63, 3.8) is 0 Å². The van der Waals surface area contributed by atoms with Gasteiger partial charge in [0.2, 0.25) is 0 Å². The molecule has 0 aliphatic carbocycles. The number of aromatic nitrogens is 1. The fraction of sp³-hybridized carbons (Fsp3) is 0.375. The van der Waals surface area contributed by atoms with Crippen molar-refractivity contribution in [2.45, 2.75) is 18.7 Å². The molecule has 1 nitrogen and oxygen atoms in total. The highest BCUT2D eigenvalue weighted by Gasteiger charge is 2.16. The Morgan fingerprint density at radius 2 is 2.23 bits per heavy atom. The summed E-state index contributed by atoms with van der Waals surface area (Å²) in [6.45, 7) is 1.61. The molecule has 1 rings (SSSR count). The van der Waals surface area contributed by atoms with Gasteiger partial charge in [-0.15, -0.1) is 0 Å². The van der Waals surface area contributed by atoms with Gasteiger partial charge in [-0.1, -0.05) is 15.9 Å². The largest absolute Gasteiger partial charge is 0.265 e. The molecule has 0 saturated carbocycles. The second kappa shape index (κ2) is 4.63. The van der Waals surface area contributed by atoms with Crippen LogP contribution in [0.2, 0.25) is 0 Å². The number of hydrogen-bond donors (Lipinski definition) is 0. The molecule has 0 aliphatic heterocycles. The lowest BCUT2D eigenvalue weighted by Gasteiger charge is -2.09. The number of nitrogens with zero attached hydrogens (tertiary/aromatic N) is 1. The third-order valence-electron chi connectivity index (χ3n) is 1.67. The molecule has 0 spiro atoms. The summed E-state index contributed by atoms with van der Waals surface area (Å²) in [6.07, 6.45) is -2.45. The molecule has 1 aromatic rings. The molecule has 0 aromatic carbocycles. The molecule has 5 heteroatoms. The molecule has 13 heavy (non-hydrogen) atoms. The maximum absolute atomic E-state index is 12.5. The number of alkyl halides is 3. The van der Waals surface area contributed by atoms with E-state index in [0.717, 1.165) is 3.70 Å². The molecular formula is C8H7BrF2IN. The minimum atomic E-state index is -2.45. The van der Waals surface area contributed by atoms with Gasteiger partial charge < -0.3 is 0 Å². The second-order valence-corrected chi connectivity index (χ2v) is 4.20. The van der Waals surface area contributed by atoms with Crippen LogP contribution in [-0.2, 0) is 5.33 Å². The molecule has 0 unspecified atom stereocenters. The number of pyridine rings is 1. The third kappa shape index (κ3) is 2.59. The fourth-order valence-electron chi connectivity index (χ4n) is 1.12. The zero-order valence-electron chi connectivity index (χ0n) is 6.82. The van der Waals surface area contributed by atoms with Crippen LogP contribution in [0, 0.1) is 10.6 Å². The first-order valence-corrected chi connectivity index (χ1v) is 5.76. The van der Waals surface area contributed by atoms with Crippen LogP contribution >= 0.6 is 38.5 Å². The van der Waals surface area contributed by atoms with Gasteiger partial charge in [0, 0.05) is 16.6 Å². The van der Waals surface area contributed by atoms with E-state index in [1.165, 1.54) is 0 Å². The quantitative estimate of drug-likeness (QED) is 0.443. The molecule has 0 radical (unpaired) electrons. The molecule has 0 N–H and O–H groups in total. The van der Waals surface area contributed by atoms with Crippen molar-refractivity contribution in [3.8, 4) is 0 Å². The lowest BCUT2D eigenvalue weighted by atomic mass is 10.1. The van der Waals surface area contributed by atoms with E-state index in [4.69, 9.17) is 0 Å². The van der Waals surface area contributed by atoms with E-state index in [1.807, 2.05) is 22.6 Å². The third-order valence-corrected chi connectivity index (χ3v) is 2.82. The van der Waals surface area contributed by atoms with Crippen molar-refractivity contribution in [2.24, 2.45) is 0 Å². The van der Waals surface area contributed by atoms with Gasteiger partial charge in [0.05, 0.1) is 0 Å². The van der Waals surface area contributed by atoms with Crippen molar-refractivity contribution in [2.75, 3.05) is 0 Å². The average Bonchev–Trinajstić information content (AvgIpc) is 2.01. The predicted molar refractivity (Wildman–Crippen MR) is 59.3 cm³/mol. The highest BCUT2D eigenvalue weighted by molar-refractivity contribution is 14.1. The lowest BCUT2D eigenvalue weighted by Crippen LogP contribution is -2.00. The topological polar surface area (TPSA) is 12.9 Å². The monoisotopic (exact) mass is 361 g/mol. The highest BCUT2D eigenvalue weighted by atomic mass is 127. The summed E-state index contributed by atoms with van der Waals surface area (Å²) in [6, 6.07) is 1.67. The Morgan fingerprint density at radius 3 is 2.69 bits per heavy atom. The van der Waals surface area contributed by atoms with Crippen LogP contribution in [-0.4, -0.2) is 4.98 Å². The van der Waals surface area contributed by atoms with E-state index in [-0.39, 0.29) is 5.56 Å². The van der Waals surface area contributed by atoms with Gasteiger partial charge in [0.15, 0.2) is 0 Å². The molecule has 1 aromatic heterocycles. The highest BCUT2D eigenvalue weighted by Crippen LogP contribution is 2.27. The number of hydrogen-bond acceptors (Lipinski definition) is 1. The van der Waals surface area contributed by atoms with Gasteiger partial charge in [-0.3, -0.25) is 0 Å². The molecule has 0 atom stereocenters. The standard InChI is InChI=1S/C8H7BrF2IN/c1-4-7(8(10)11)5(3-9)2-6(12)13-4/h2,8H,3H2,1H3. The molecule has 0 aliphatic rings. The van der Waals surface area contributed by atoms with Crippen LogP contribution in [0.4, 0.5) is 8.78 Å². The molecule has 0 saturated heterocycles. The molecular weight excluding hydrogens is 355 g/mol. The molecule has 1 heterocycles. The summed E-state index contributed by atoms with van der Waals surface area (Å²) in [5.41, 5.74) is 1.08. The van der Waals surface area contributed by atoms with Crippen LogP contribution in [0.3, 0.4) is 0 Å². The molecule has 0 bridgehead atoms. The summed E-state index contributed by atoms with van der Waals surface area (Å²) < 4.78 is 25.8. The Bertz CT molecular complexity index is 317. The first kappa shape index (κ1) is 11.3. The molecule has 0 amide bonds. The smallest absolute Gasteiger partial charge is 0.247 e. The SMILES string of the molecule is Cc1nc(I)cc(CBr)c1C(F)F. The van der Waals surface area contributed by atoms with Gasteiger partial charge in [-0.25, -0.2) is 13.8 Å².